The number of anilines is 1. The van der Waals surface area contributed by atoms with Gasteiger partial charge < -0.3 is 15.0 Å². The summed E-state index contributed by atoms with van der Waals surface area (Å²) in [5, 5.41) is 3.67. The molecule has 2 atom stereocenters. The van der Waals surface area contributed by atoms with Gasteiger partial charge in [0.2, 0.25) is 0 Å². The molecule has 0 radical (unpaired) electrons. The van der Waals surface area contributed by atoms with Crippen molar-refractivity contribution in [2.24, 2.45) is 5.92 Å². The smallest absolute Gasteiger partial charge is 0.121 e. The van der Waals surface area contributed by atoms with Gasteiger partial charge in [-0.1, -0.05) is 13.0 Å². The summed E-state index contributed by atoms with van der Waals surface area (Å²) in [5.74, 6) is 1.69. The van der Waals surface area contributed by atoms with Crippen molar-refractivity contribution < 1.29 is 4.74 Å². The topological polar surface area (TPSA) is 24.5 Å². The molecule has 0 saturated carbocycles. The maximum absolute atomic E-state index is 5.57. The van der Waals surface area contributed by atoms with E-state index in [0.717, 1.165) is 11.7 Å². The third-order valence-electron chi connectivity index (χ3n) is 4.33. The Bertz CT molecular complexity index is 419. The summed E-state index contributed by atoms with van der Waals surface area (Å²) in [6.45, 7) is 11.1. The van der Waals surface area contributed by atoms with Gasteiger partial charge in [-0.3, -0.25) is 0 Å². The molecule has 1 aromatic carbocycles. The number of ether oxygens (including phenoxy) is 1. The Morgan fingerprint density at radius 2 is 2.24 bits per heavy atom. The van der Waals surface area contributed by atoms with Gasteiger partial charge in [-0.05, 0) is 64.3 Å². The molecule has 3 heteroatoms. The minimum absolute atomic E-state index is 0.501. The second-order valence-corrected chi connectivity index (χ2v) is 6.10. The summed E-state index contributed by atoms with van der Waals surface area (Å²) < 4.78 is 5.57. The highest BCUT2D eigenvalue weighted by Crippen LogP contribution is 2.24. The van der Waals surface area contributed by atoms with Crippen molar-refractivity contribution >= 4 is 5.69 Å². The van der Waals surface area contributed by atoms with E-state index < -0.39 is 0 Å². The maximum Gasteiger partial charge on any atom is 0.121 e. The number of piperidine rings is 1. The first-order valence-corrected chi connectivity index (χ1v) is 8.44. The number of hydrogen-bond donors (Lipinski definition) is 1. The lowest BCUT2D eigenvalue weighted by Crippen LogP contribution is -2.42. The molecule has 2 unspecified atom stereocenters. The largest absolute Gasteiger partial charge is 0.494 e. The van der Waals surface area contributed by atoms with E-state index in [1.165, 1.54) is 44.6 Å². The number of hydrogen-bond acceptors (Lipinski definition) is 3. The molecule has 1 N–H and O–H groups in total. The molecule has 0 spiro atoms. The Labute approximate surface area is 129 Å². The van der Waals surface area contributed by atoms with Gasteiger partial charge in [-0.15, -0.1) is 0 Å². The van der Waals surface area contributed by atoms with Crippen LogP contribution in [0.3, 0.4) is 0 Å². The van der Waals surface area contributed by atoms with Crippen molar-refractivity contribution in [1.82, 2.24) is 4.90 Å². The van der Waals surface area contributed by atoms with Crippen molar-refractivity contribution in [3.8, 4) is 5.75 Å². The van der Waals surface area contributed by atoms with Crippen molar-refractivity contribution in [2.45, 2.75) is 46.1 Å². The molecule has 1 fully saturated rings. The summed E-state index contributed by atoms with van der Waals surface area (Å²) in [6.07, 6.45) is 3.92. The fraction of sp³-hybridized carbons (Fsp3) is 0.667. The Morgan fingerprint density at radius 3 is 3.00 bits per heavy atom. The van der Waals surface area contributed by atoms with Gasteiger partial charge in [0.25, 0.3) is 0 Å². The summed E-state index contributed by atoms with van der Waals surface area (Å²) >= 11 is 0. The number of nitrogens with one attached hydrogen (secondary N) is 1. The van der Waals surface area contributed by atoms with Gasteiger partial charge in [0, 0.05) is 24.3 Å². The van der Waals surface area contributed by atoms with Crippen LogP contribution >= 0.6 is 0 Å². The van der Waals surface area contributed by atoms with E-state index in [9.17, 15) is 0 Å². The molecule has 118 valence electrons. The lowest BCUT2D eigenvalue weighted by molar-refractivity contribution is 0.165. The lowest BCUT2D eigenvalue weighted by Gasteiger charge is -2.36. The summed E-state index contributed by atoms with van der Waals surface area (Å²) in [4.78, 5) is 2.61. The van der Waals surface area contributed by atoms with Crippen LogP contribution in [-0.4, -0.2) is 37.2 Å². The van der Waals surface area contributed by atoms with Crippen molar-refractivity contribution in [3.63, 3.8) is 0 Å². The van der Waals surface area contributed by atoms with E-state index in [-0.39, 0.29) is 0 Å². The Morgan fingerprint density at radius 1 is 1.38 bits per heavy atom. The molecule has 1 aliphatic heterocycles. The van der Waals surface area contributed by atoms with Gasteiger partial charge in [0.15, 0.2) is 0 Å². The van der Waals surface area contributed by atoms with Gasteiger partial charge >= 0.3 is 0 Å². The minimum Gasteiger partial charge on any atom is -0.494 e. The minimum atomic E-state index is 0.501. The number of nitrogens with zero attached hydrogens (tertiary/aromatic N) is 1. The van der Waals surface area contributed by atoms with E-state index in [4.69, 9.17) is 4.74 Å². The highest BCUT2D eigenvalue weighted by Gasteiger charge is 2.24. The monoisotopic (exact) mass is 290 g/mol. The lowest BCUT2D eigenvalue weighted by atomic mass is 9.91. The quantitative estimate of drug-likeness (QED) is 0.821. The van der Waals surface area contributed by atoms with E-state index in [0.29, 0.717) is 12.6 Å². The molecular weight excluding hydrogens is 260 g/mol. The Balaban J connectivity index is 1.91. The van der Waals surface area contributed by atoms with Crippen LogP contribution in [0.25, 0.3) is 0 Å². The fourth-order valence-electron chi connectivity index (χ4n) is 3.24. The van der Waals surface area contributed by atoms with Gasteiger partial charge in [0.1, 0.15) is 5.75 Å². The van der Waals surface area contributed by atoms with Crippen molar-refractivity contribution in [3.05, 3.63) is 24.3 Å². The summed E-state index contributed by atoms with van der Waals surface area (Å²) in [6, 6.07) is 8.81. The molecular formula is C18H30N2O. The van der Waals surface area contributed by atoms with Crippen LogP contribution in [0.1, 0.15) is 40.0 Å². The van der Waals surface area contributed by atoms with Crippen LogP contribution in [0.4, 0.5) is 5.69 Å². The zero-order chi connectivity index (χ0) is 15.1. The first kappa shape index (κ1) is 16.2. The van der Waals surface area contributed by atoms with E-state index in [1.54, 1.807) is 0 Å². The molecule has 0 aromatic heterocycles. The average Bonchev–Trinajstić information content (AvgIpc) is 2.48. The van der Waals surface area contributed by atoms with Crippen LogP contribution in [-0.2, 0) is 0 Å². The highest BCUT2D eigenvalue weighted by atomic mass is 16.5. The van der Waals surface area contributed by atoms with Gasteiger partial charge in [0.05, 0.1) is 6.61 Å². The molecule has 0 bridgehead atoms. The normalized spacial score (nSPS) is 21.0. The summed E-state index contributed by atoms with van der Waals surface area (Å²) in [7, 11) is 0. The fourth-order valence-corrected chi connectivity index (χ4v) is 3.24. The van der Waals surface area contributed by atoms with Crippen LogP contribution < -0.4 is 10.1 Å². The van der Waals surface area contributed by atoms with Crippen LogP contribution in [0.15, 0.2) is 24.3 Å². The van der Waals surface area contributed by atoms with Crippen molar-refractivity contribution in [2.75, 3.05) is 31.6 Å². The predicted octanol–water partition coefficient (Wildman–Crippen LogP) is 4.01. The van der Waals surface area contributed by atoms with Crippen LogP contribution in [0.5, 0.6) is 5.75 Å². The highest BCUT2D eigenvalue weighted by molar-refractivity contribution is 5.48. The zero-order valence-corrected chi connectivity index (χ0v) is 13.8. The third-order valence-corrected chi connectivity index (χ3v) is 4.33. The molecule has 0 aliphatic carbocycles. The maximum atomic E-state index is 5.57. The van der Waals surface area contributed by atoms with Crippen LogP contribution in [0.2, 0.25) is 0 Å². The number of rotatable bonds is 7. The molecule has 1 saturated heterocycles. The average molecular weight is 290 g/mol. The second kappa shape index (κ2) is 8.28. The molecule has 1 aromatic rings. The molecule has 3 nitrogen and oxygen atoms in total. The zero-order valence-electron chi connectivity index (χ0n) is 13.8. The number of likely N-dealkylation sites (tertiary alicyclic amines) is 1. The van der Waals surface area contributed by atoms with Crippen LogP contribution in [0, 0.1) is 5.92 Å². The second-order valence-electron chi connectivity index (χ2n) is 6.10. The van der Waals surface area contributed by atoms with E-state index >= 15 is 0 Å². The first-order chi connectivity index (χ1) is 10.2. The van der Waals surface area contributed by atoms with E-state index in [2.05, 4.69) is 42.3 Å². The number of benzene rings is 1. The predicted molar refractivity (Wildman–Crippen MR) is 90.2 cm³/mol. The summed E-state index contributed by atoms with van der Waals surface area (Å²) in [5.41, 5.74) is 1.17. The van der Waals surface area contributed by atoms with E-state index in [1.807, 2.05) is 13.0 Å². The van der Waals surface area contributed by atoms with Gasteiger partial charge in [-0.2, -0.15) is 0 Å². The third kappa shape index (κ3) is 4.92. The molecule has 1 heterocycles. The SMILES string of the molecule is CCCN1CCCC(C(C)Nc2cccc(OCC)c2)C1. The first-order valence-electron chi connectivity index (χ1n) is 8.44. The molecule has 2 rings (SSSR count). The standard InChI is InChI=1S/C18H30N2O/c1-4-11-20-12-7-8-16(14-20)15(3)19-17-9-6-10-18(13-17)21-5-2/h6,9-10,13,15-16,19H,4-5,7-8,11-12,14H2,1-3H3. The molecule has 1 aliphatic rings. The Hall–Kier alpha value is -1.22. The molecule has 0 amide bonds. The molecule has 21 heavy (non-hydrogen) atoms. The van der Waals surface area contributed by atoms with Crippen molar-refractivity contribution in [1.29, 1.82) is 0 Å². The van der Waals surface area contributed by atoms with Gasteiger partial charge in [-0.25, -0.2) is 0 Å². The Kier molecular flexibility index (Phi) is 6.37.